The fraction of sp³-hybridized carbons (Fsp3) is 1.00. The molecule has 0 aromatic heterocycles. The number of rotatable bonds is 10. The van der Waals surface area contributed by atoms with Crippen LogP contribution in [0.5, 0.6) is 0 Å². The van der Waals surface area contributed by atoms with Gasteiger partial charge < -0.3 is 18.5 Å². The van der Waals surface area contributed by atoms with Crippen LogP contribution in [0.2, 0.25) is 0 Å². The van der Waals surface area contributed by atoms with E-state index in [0.29, 0.717) is 37.3 Å². The summed E-state index contributed by atoms with van der Waals surface area (Å²) in [5, 5.41) is 0. The van der Waals surface area contributed by atoms with Crippen molar-refractivity contribution in [2.45, 2.75) is 6.42 Å². The zero-order valence-corrected chi connectivity index (χ0v) is 11.7. The van der Waals surface area contributed by atoms with Gasteiger partial charge in [0.15, 0.2) is 0 Å². The van der Waals surface area contributed by atoms with E-state index in [2.05, 4.69) is 0 Å². The van der Waals surface area contributed by atoms with Gasteiger partial charge in [0.05, 0.1) is 50.6 Å². The summed E-state index contributed by atoms with van der Waals surface area (Å²) in [5.41, 5.74) is 0. The highest BCUT2D eigenvalue weighted by atomic mass is 32.2. The van der Waals surface area contributed by atoms with Crippen molar-refractivity contribution >= 4 is 10.1 Å². The van der Waals surface area contributed by atoms with E-state index in [0.717, 1.165) is 6.54 Å². The fourth-order valence-corrected chi connectivity index (χ4v) is 1.82. The number of ether oxygens (including phenoxy) is 2. The quantitative estimate of drug-likeness (QED) is 0.308. The summed E-state index contributed by atoms with van der Waals surface area (Å²) in [6.45, 7) is 3.16. The molecule has 0 atom stereocenters. The van der Waals surface area contributed by atoms with Crippen LogP contribution in [0.3, 0.4) is 0 Å². The molecule has 0 heterocycles. The van der Waals surface area contributed by atoms with Gasteiger partial charge in [0.2, 0.25) is 0 Å². The minimum Gasteiger partial charge on any atom is -0.748 e. The molecule has 0 aromatic carbocycles. The Kier molecular flexibility index (Phi) is 7.89. The second-order valence-corrected chi connectivity index (χ2v) is 6.13. The number of likely N-dealkylation sites (N-methyl/N-ethyl adjacent to an activating group) is 1. The van der Waals surface area contributed by atoms with Crippen LogP contribution in [0.25, 0.3) is 0 Å². The molecule has 6 nitrogen and oxygen atoms in total. The third-order valence-electron chi connectivity index (χ3n) is 2.43. The van der Waals surface area contributed by atoms with E-state index in [4.69, 9.17) is 9.47 Å². The highest BCUT2D eigenvalue weighted by Crippen LogP contribution is 2.01. The Labute approximate surface area is 104 Å². The Hall–Kier alpha value is -0.210. The molecule has 17 heavy (non-hydrogen) atoms. The monoisotopic (exact) mass is 269 g/mol. The molecule has 0 fully saturated rings. The second kappa shape index (κ2) is 7.99. The molecular weight excluding hydrogens is 246 g/mol. The van der Waals surface area contributed by atoms with Crippen LogP contribution in [0.4, 0.5) is 0 Å². The molecule has 0 unspecified atom stereocenters. The van der Waals surface area contributed by atoms with E-state index in [9.17, 15) is 13.0 Å². The maximum atomic E-state index is 10.4. The van der Waals surface area contributed by atoms with Crippen molar-refractivity contribution in [1.82, 2.24) is 0 Å². The molecule has 104 valence electrons. The topological polar surface area (TPSA) is 75.7 Å². The average molecular weight is 269 g/mol. The van der Waals surface area contributed by atoms with Crippen LogP contribution in [-0.2, 0) is 19.6 Å². The standard InChI is InChI=1S/C10H23NO5S/c1-11(2,5-4-10-17(12,13)14)6-7-16-9-8-15-3/h4-10H2,1-3H3. The first-order chi connectivity index (χ1) is 7.77. The van der Waals surface area contributed by atoms with Gasteiger partial charge in [0.1, 0.15) is 6.54 Å². The van der Waals surface area contributed by atoms with Crippen LogP contribution < -0.4 is 0 Å². The third-order valence-corrected chi connectivity index (χ3v) is 3.22. The molecule has 0 saturated heterocycles. The average Bonchev–Trinajstić information content (AvgIpc) is 2.14. The second-order valence-electron chi connectivity index (χ2n) is 4.60. The van der Waals surface area contributed by atoms with Crippen LogP contribution in [0, 0.1) is 0 Å². The summed E-state index contributed by atoms with van der Waals surface area (Å²) < 4.78 is 42.2. The predicted molar refractivity (Wildman–Crippen MR) is 63.7 cm³/mol. The van der Waals surface area contributed by atoms with Gasteiger partial charge in [-0.25, -0.2) is 8.42 Å². The highest BCUT2D eigenvalue weighted by molar-refractivity contribution is 7.85. The van der Waals surface area contributed by atoms with Crippen molar-refractivity contribution < 1.29 is 26.9 Å². The SMILES string of the molecule is COCCOCC[N+](C)(C)CCCS(=O)(=O)[O-]. The summed E-state index contributed by atoms with van der Waals surface area (Å²) in [6, 6.07) is 0. The van der Waals surface area contributed by atoms with Crippen LogP contribution in [0.1, 0.15) is 6.42 Å². The van der Waals surface area contributed by atoms with Crippen LogP contribution in [0.15, 0.2) is 0 Å². The van der Waals surface area contributed by atoms with Gasteiger partial charge in [-0.2, -0.15) is 0 Å². The smallest absolute Gasteiger partial charge is 0.102 e. The normalized spacial score (nSPS) is 12.9. The zero-order valence-electron chi connectivity index (χ0n) is 10.8. The zero-order chi connectivity index (χ0) is 13.4. The Morgan fingerprint density at radius 3 is 2.29 bits per heavy atom. The van der Waals surface area contributed by atoms with E-state index in [-0.39, 0.29) is 5.75 Å². The lowest BCUT2D eigenvalue weighted by Gasteiger charge is -2.29. The minimum absolute atomic E-state index is 0.292. The summed E-state index contributed by atoms with van der Waals surface area (Å²) in [6.07, 6.45) is 0.386. The first kappa shape index (κ1) is 16.8. The Morgan fingerprint density at radius 1 is 1.12 bits per heavy atom. The molecule has 0 saturated carbocycles. The van der Waals surface area contributed by atoms with E-state index in [1.54, 1.807) is 7.11 Å². The van der Waals surface area contributed by atoms with Crippen molar-refractivity contribution in [3.05, 3.63) is 0 Å². The number of hydrogen-bond donors (Lipinski definition) is 0. The number of methoxy groups -OCH3 is 1. The maximum Gasteiger partial charge on any atom is 0.102 e. The molecule has 0 N–H and O–H groups in total. The van der Waals surface area contributed by atoms with Gasteiger partial charge >= 0.3 is 0 Å². The summed E-state index contributed by atoms with van der Waals surface area (Å²) in [5.74, 6) is -0.292. The molecular formula is C10H23NO5S. The molecule has 0 bridgehead atoms. The number of nitrogens with zero attached hydrogens (tertiary/aromatic N) is 1. The first-order valence-electron chi connectivity index (χ1n) is 5.59. The summed E-state index contributed by atoms with van der Waals surface area (Å²) in [4.78, 5) is 0. The van der Waals surface area contributed by atoms with Gasteiger partial charge in [0, 0.05) is 19.3 Å². The predicted octanol–water partition coefficient (Wildman–Crippen LogP) is -0.339. The fourth-order valence-electron chi connectivity index (χ4n) is 1.34. The van der Waals surface area contributed by atoms with E-state index < -0.39 is 10.1 Å². The van der Waals surface area contributed by atoms with Crippen molar-refractivity contribution in [3.8, 4) is 0 Å². The van der Waals surface area contributed by atoms with Crippen LogP contribution in [-0.4, -0.2) is 77.3 Å². The van der Waals surface area contributed by atoms with Gasteiger partial charge in [-0.3, -0.25) is 0 Å². The molecule has 0 rings (SSSR count). The largest absolute Gasteiger partial charge is 0.748 e. The third kappa shape index (κ3) is 12.0. The van der Waals surface area contributed by atoms with Crippen LogP contribution >= 0.6 is 0 Å². The van der Waals surface area contributed by atoms with E-state index in [1.807, 2.05) is 14.1 Å². The molecule has 0 aliphatic heterocycles. The van der Waals surface area contributed by atoms with E-state index >= 15 is 0 Å². The van der Waals surface area contributed by atoms with Gasteiger partial charge in [-0.05, 0) is 0 Å². The Balaban J connectivity index is 3.65. The van der Waals surface area contributed by atoms with Gasteiger partial charge in [0.25, 0.3) is 0 Å². The van der Waals surface area contributed by atoms with Crippen molar-refractivity contribution in [1.29, 1.82) is 0 Å². The lowest BCUT2D eigenvalue weighted by molar-refractivity contribution is -0.890. The minimum atomic E-state index is -4.09. The summed E-state index contributed by atoms with van der Waals surface area (Å²) >= 11 is 0. The summed E-state index contributed by atoms with van der Waals surface area (Å²) in [7, 11) is 1.50. The molecule has 0 aliphatic carbocycles. The molecule has 0 spiro atoms. The lowest BCUT2D eigenvalue weighted by Crippen LogP contribution is -2.43. The molecule has 0 radical (unpaired) electrons. The van der Waals surface area contributed by atoms with Crippen molar-refractivity contribution in [2.24, 2.45) is 0 Å². The Morgan fingerprint density at radius 2 is 1.76 bits per heavy atom. The molecule has 0 aromatic rings. The van der Waals surface area contributed by atoms with Crippen molar-refractivity contribution in [3.63, 3.8) is 0 Å². The number of hydrogen-bond acceptors (Lipinski definition) is 5. The highest BCUT2D eigenvalue weighted by Gasteiger charge is 2.14. The maximum absolute atomic E-state index is 10.4. The Bertz CT molecular complexity index is 289. The molecule has 7 heteroatoms. The van der Waals surface area contributed by atoms with E-state index in [1.165, 1.54) is 0 Å². The lowest BCUT2D eigenvalue weighted by atomic mass is 10.4. The number of quaternary nitrogens is 1. The molecule has 0 aliphatic rings. The first-order valence-corrected chi connectivity index (χ1v) is 7.17. The van der Waals surface area contributed by atoms with Gasteiger partial charge in [-0.15, -0.1) is 0 Å². The van der Waals surface area contributed by atoms with Crippen molar-refractivity contribution in [2.75, 3.05) is 59.9 Å². The van der Waals surface area contributed by atoms with Gasteiger partial charge in [-0.1, -0.05) is 0 Å². The molecule has 0 amide bonds.